The number of H-pyrrole nitrogens is 1. The van der Waals surface area contributed by atoms with E-state index in [-0.39, 0.29) is 5.56 Å². The molecule has 0 atom stereocenters. The van der Waals surface area contributed by atoms with Gasteiger partial charge < -0.3 is 4.90 Å². The fraction of sp³-hybridized carbons (Fsp3) is 0.370. The number of allylic oxidation sites excluding steroid dienone is 4. The SMILES string of the molecule is C=C.CC.CC/C=C\C=C/Cc1nc2nc(CN(c3cccc(Cl)c3C)C3CC3)cc(=O)n2[nH]1. The van der Waals surface area contributed by atoms with Crippen LogP contribution in [0.15, 0.2) is 66.5 Å². The zero-order valence-electron chi connectivity index (χ0n) is 20.7. The summed E-state index contributed by atoms with van der Waals surface area (Å²) in [7, 11) is 0. The average molecular weight is 482 g/mol. The number of nitrogens with zero attached hydrogens (tertiary/aromatic N) is 4. The molecule has 0 amide bonds. The Morgan fingerprint density at radius 2 is 1.91 bits per heavy atom. The highest BCUT2D eigenvalue weighted by molar-refractivity contribution is 6.31. The van der Waals surface area contributed by atoms with Gasteiger partial charge in [-0.3, -0.25) is 9.89 Å². The number of fused-ring (bicyclic) bond motifs is 1. The van der Waals surface area contributed by atoms with Gasteiger partial charge in [0.05, 0.1) is 12.2 Å². The van der Waals surface area contributed by atoms with Crippen LogP contribution in [0.3, 0.4) is 0 Å². The van der Waals surface area contributed by atoms with Crippen molar-refractivity contribution in [3.63, 3.8) is 0 Å². The molecule has 2 heterocycles. The smallest absolute Gasteiger partial charge is 0.274 e. The zero-order valence-corrected chi connectivity index (χ0v) is 21.5. The average Bonchev–Trinajstić information content (AvgIpc) is 3.61. The van der Waals surface area contributed by atoms with Gasteiger partial charge in [0, 0.05) is 29.2 Å². The highest BCUT2D eigenvalue weighted by Crippen LogP contribution is 2.36. The van der Waals surface area contributed by atoms with Crippen molar-refractivity contribution in [2.45, 2.75) is 66.0 Å². The Kier molecular flexibility index (Phi) is 10.8. The fourth-order valence-corrected chi connectivity index (χ4v) is 3.66. The molecule has 1 fully saturated rings. The molecule has 6 nitrogen and oxygen atoms in total. The highest BCUT2D eigenvalue weighted by Gasteiger charge is 2.31. The van der Waals surface area contributed by atoms with Gasteiger partial charge in [-0.15, -0.1) is 13.2 Å². The molecule has 0 unspecified atom stereocenters. The molecule has 1 saturated carbocycles. The van der Waals surface area contributed by atoms with Crippen molar-refractivity contribution < 1.29 is 0 Å². The number of hydrogen-bond donors (Lipinski definition) is 1. The molecule has 7 heteroatoms. The van der Waals surface area contributed by atoms with Crippen molar-refractivity contribution in [2.24, 2.45) is 0 Å². The maximum Gasteiger partial charge on any atom is 0.274 e. The minimum atomic E-state index is -0.151. The van der Waals surface area contributed by atoms with E-state index in [0.717, 1.165) is 35.5 Å². The van der Waals surface area contributed by atoms with E-state index >= 15 is 0 Å². The molecule has 1 aromatic carbocycles. The quantitative estimate of drug-likeness (QED) is 0.297. The predicted octanol–water partition coefficient (Wildman–Crippen LogP) is 6.44. The topological polar surface area (TPSA) is 66.3 Å². The van der Waals surface area contributed by atoms with Crippen molar-refractivity contribution in [2.75, 3.05) is 4.90 Å². The van der Waals surface area contributed by atoms with Crippen LogP contribution in [0.25, 0.3) is 5.78 Å². The normalized spacial score (nSPS) is 13.0. The first-order valence-electron chi connectivity index (χ1n) is 11.9. The summed E-state index contributed by atoms with van der Waals surface area (Å²) >= 11 is 6.34. The van der Waals surface area contributed by atoms with Gasteiger partial charge in [-0.05, 0) is 43.9 Å². The van der Waals surface area contributed by atoms with Crippen LogP contribution in [0, 0.1) is 6.92 Å². The van der Waals surface area contributed by atoms with Crippen LogP contribution in [0.1, 0.15) is 57.1 Å². The first kappa shape index (κ1) is 27.1. The number of aromatic amines is 1. The molecule has 3 aromatic rings. The van der Waals surface area contributed by atoms with Crippen LogP contribution in [-0.2, 0) is 13.0 Å². The molecular formula is C27H36ClN5O. The van der Waals surface area contributed by atoms with Crippen molar-refractivity contribution >= 4 is 23.1 Å². The summed E-state index contributed by atoms with van der Waals surface area (Å²) < 4.78 is 1.40. The summed E-state index contributed by atoms with van der Waals surface area (Å²) in [5.74, 6) is 1.12. The van der Waals surface area contributed by atoms with Crippen molar-refractivity contribution in [3.8, 4) is 0 Å². The molecule has 0 bridgehead atoms. The first-order valence-corrected chi connectivity index (χ1v) is 12.3. The molecule has 4 rings (SSSR count). The number of aromatic nitrogens is 4. The Morgan fingerprint density at radius 1 is 1.21 bits per heavy atom. The third-order valence-electron chi connectivity index (χ3n) is 5.23. The second kappa shape index (κ2) is 13.6. The molecule has 0 saturated heterocycles. The van der Waals surface area contributed by atoms with Crippen LogP contribution in [0.5, 0.6) is 0 Å². The molecule has 182 valence electrons. The lowest BCUT2D eigenvalue weighted by atomic mass is 10.1. The molecule has 2 aromatic heterocycles. The van der Waals surface area contributed by atoms with Gasteiger partial charge in [0.2, 0.25) is 0 Å². The standard InChI is InChI=1S/C23H26ClN5O.C2H6.C2H4/c1-3-4-5-6-7-11-21-26-23-25-17(14-22(30)29(23)27-21)15-28(18-12-13-18)20-10-8-9-19(24)16(20)2;2*1-2/h4-10,14,18H,3,11-13,15H2,1-2H3,(H,25,26,27);1-2H3;1-2H2/b5-4-,7-6-;;. The summed E-state index contributed by atoms with van der Waals surface area (Å²) in [5.41, 5.74) is 2.71. The summed E-state index contributed by atoms with van der Waals surface area (Å²) in [6.45, 7) is 14.7. The Bertz CT molecular complexity index is 1170. The number of hydrogen-bond acceptors (Lipinski definition) is 4. The highest BCUT2D eigenvalue weighted by atomic mass is 35.5. The van der Waals surface area contributed by atoms with E-state index in [4.69, 9.17) is 11.6 Å². The molecule has 1 N–H and O–H groups in total. The number of rotatable bonds is 8. The van der Waals surface area contributed by atoms with Crippen LogP contribution < -0.4 is 10.5 Å². The van der Waals surface area contributed by atoms with Gasteiger partial charge in [0.15, 0.2) is 0 Å². The Morgan fingerprint density at radius 3 is 2.59 bits per heavy atom. The molecule has 0 aliphatic heterocycles. The number of anilines is 1. The molecule has 1 aliphatic rings. The zero-order chi connectivity index (χ0) is 25.1. The molecule has 1 aliphatic carbocycles. The van der Waals surface area contributed by atoms with Gasteiger partial charge in [-0.2, -0.15) is 9.50 Å². The monoisotopic (exact) mass is 481 g/mol. The van der Waals surface area contributed by atoms with Crippen LogP contribution in [0.2, 0.25) is 5.02 Å². The minimum Gasteiger partial charge on any atom is -0.362 e. The largest absolute Gasteiger partial charge is 0.362 e. The second-order valence-electron chi connectivity index (χ2n) is 7.60. The third kappa shape index (κ3) is 6.94. The van der Waals surface area contributed by atoms with Crippen LogP contribution >= 0.6 is 11.6 Å². The summed E-state index contributed by atoms with van der Waals surface area (Å²) in [6, 6.07) is 7.99. The van der Waals surface area contributed by atoms with Gasteiger partial charge in [0.25, 0.3) is 11.3 Å². The van der Waals surface area contributed by atoms with E-state index < -0.39 is 0 Å². The lowest BCUT2D eigenvalue weighted by Crippen LogP contribution is -2.28. The Hall–Kier alpha value is -3.12. The Labute approximate surface area is 207 Å². The summed E-state index contributed by atoms with van der Waals surface area (Å²) in [6.07, 6.45) is 12.0. The van der Waals surface area contributed by atoms with Gasteiger partial charge in [0.1, 0.15) is 5.82 Å². The van der Waals surface area contributed by atoms with Gasteiger partial charge >= 0.3 is 0 Å². The lowest BCUT2D eigenvalue weighted by Gasteiger charge is -2.26. The lowest BCUT2D eigenvalue weighted by molar-refractivity contribution is 0.763. The number of halogens is 1. The summed E-state index contributed by atoms with van der Waals surface area (Å²) in [4.78, 5) is 24.1. The van der Waals surface area contributed by atoms with E-state index in [2.05, 4.69) is 52.2 Å². The fourth-order valence-electron chi connectivity index (χ4n) is 3.50. The molecule has 34 heavy (non-hydrogen) atoms. The predicted molar refractivity (Wildman–Crippen MR) is 144 cm³/mol. The Balaban J connectivity index is 0.000000970. The van der Waals surface area contributed by atoms with Crippen molar-refractivity contribution in [1.29, 1.82) is 0 Å². The maximum atomic E-state index is 12.6. The summed E-state index contributed by atoms with van der Waals surface area (Å²) in [5, 5.41) is 3.79. The van der Waals surface area contributed by atoms with Crippen LogP contribution in [0.4, 0.5) is 5.69 Å². The van der Waals surface area contributed by atoms with Crippen LogP contribution in [-0.4, -0.2) is 25.6 Å². The van der Waals surface area contributed by atoms with Crippen molar-refractivity contribution in [1.82, 2.24) is 19.6 Å². The van der Waals surface area contributed by atoms with E-state index in [0.29, 0.717) is 36.3 Å². The van der Waals surface area contributed by atoms with Gasteiger partial charge in [-0.25, -0.2) is 4.98 Å². The minimum absolute atomic E-state index is 0.151. The van der Waals surface area contributed by atoms with E-state index in [9.17, 15) is 4.79 Å². The number of nitrogens with one attached hydrogen (secondary N) is 1. The van der Waals surface area contributed by atoms with E-state index in [1.54, 1.807) is 6.07 Å². The van der Waals surface area contributed by atoms with E-state index in [1.807, 2.05) is 51.1 Å². The van der Waals surface area contributed by atoms with Gasteiger partial charge in [-0.1, -0.05) is 62.7 Å². The molecular weight excluding hydrogens is 446 g/mol. The molecule has 0 spiro atoms. The van der Waals surface area contributed by atoms with Crippen molar-refractivity contribution in [3.05, 3.63) is 94.2 Å². The van der Waals surface area contributed by atoms with E-state index in [1.165, 1.54) is 4.52 Å². The third-order valence-corrected chi connectivity index (χ3v) is 5.64. The maximum absolute atomic E-state index is 12.6. The molecule has 0 radical (unpaired) electrons. The number of benzene rings is 1. The second-order valence-corrected chi connectivity index (χ2v) is 8.01. The first-order chi connectivity index (χ1) is 16.6.